The summed E-state index contributed by atoms with van der Waals surface area (Å²) in [6, 6.07) is 34.2. The maximum absolute atomic E-state index is 13.9. The first-order chi connectivity index (χ1) is 21.2. The molecule has 6 heteroatoms. The van der Waals surface area contributed by atoms with Crippen molar-refractivity contribution in [2.75, 3.05) is 19.6 Å². The third-order valence-corrected chi connectivity index (χ3v) is 9.38. The van der Waals surface area contributed by atoms with Crippen LogP contribution < -0.4 is 0 Å². The Morgan fingerprint density at radius 1 is 0.886 bits per heavy atom. The first kappa shape index (κ1) is 31.0. The van der Waals surface area contributed by atoms with Crippen molar-refractivity contribution in [2.24, 2.45) is 5.92 Å². The summed E-state index contributed by atoms with van der Waals surface area (Å²) in [5.74, 6) is -0.564. The van der Waals surface area contributed by atoms with Gasteiger partial charge in [-0.2, -0.15) is 0 Å². The lowest BCUT2D eigenvalue weighted by atomic mass is 9.68. The molecule has 5 rings (SSSR count). The van der Waals surface area contributed by atoms with Gasteiger partial charge in [-0.15, -0.1) is 0 Å². The van der Waals surface area contributed by atoms with Crippen LogP contribution >= 0.6 is 0 Å². The zero-order chi connectivity index (χ0) is 31.1. The van der Waals surface area contributed by atoms with Crippen molar-refractivity contribution < 1.29 is 19.8 Å². The van der Waals surface area contributed by atoms with Gasteiger partial charge in [0.1, 0.15) is 11.8 Å². The number of piperidine rings is 1. The van der Waals surface area contributed by atoms with Crippen LogP contribution in [0, 0.1) is 5.92 Å². The van der Waals surface area contributed by atoms with E-state index in [4.69, 9.17) is 0 Å². The summed E-state index contributed by atoms with van der Waals surface area (Å²) in [4.78, 5) is 30.4. The number of carboxylic acid groups (broad SMARTS) is 1. The topological polar surface area (TPSA) is 81.1 Å². The Bertz CT molecular complexity index is 1540. The molecule has 0 spiro atoms. The molecule has 0 radical (unpaired) electrons. The van der Waals surface area contributed by atoms with E-state index in [1.807, 2.05) is 84.9 Å². The van der Waals surface area contributed by atoms with Crippen LogP contribution in [0.15, 0.2) is 109 Å². The van der Waals surface area contributed by atoms with Crippen molar-refractivity contribution in [1.82, 2.24) is 9.80 Å². The van der Waals surface area contributed by atoms with Crippen molar-refractivity contribution in [1.29, 1.82) is 0 Å². The molecule has 0 bridgehead atoms. The predicted molar refractivity (Wildman–Crippen MR) is 174 cm³/mol. The number of nitrogens with zero attached hydrogens (tertiary/aromatic N) is 2. The lowest BCUT2D eigenvalue weighted by molar-refractivity contribution is -0.151. The maximum Gasteiger partial charge on any atom is 0.326 e. The van der Waals surface area contributed by atoms with Crippen LogP contribution in [0.25, 0.3) is 11.1 Å². The lowest BCUT2D eigenvalue weighted by Crippen LogP contribution is -2.49. The highest BCUT2D eigenvalue weighted by Crippen LogP contribution is 2.40. The van der Waals surface area contributed by atoms with Gasteiger partial charge in [0.2, 0.25) is 5.91 Å². The van der Waals surface area contributed by atoms with E-state index in [9.17, 15) is 19.8 Å². The van der Waals surface area contributed by atoms with Crippen molar-refractivity contribution in [3.05, 3.63) is 126 Å². The molecule has 0 saturated carbocycles. The Morgan fingerprint density at radius 2 is 1.55 bits per heavy atom. The second-order valence-electron chi connectivity index (χ2n) is 12.3. The van der Waals surface area contributed by atoms with Gasteiger partial charge >= 0.3 is 5.97 Å². The molecular weight excluding hydrogens is 548 g/mol. The molecule has 44 heavy (non-hydrogen) atoms. The first-order valence-corrected chi connectivity index (χ1v) is 15.5. The number of hydrogen-bond donors (Lipinski definition) is 2. The van der Waals surface area contributed by atoms with E-state index in [-0.39, 0.29) is 36.5 Å². The molecule has 1 saturated heterocycles. The fourth-order valence-corrected chi connectivity index (χ4v) is 6.38. The highest BCUT2D eigenvalue weighted by molar-refractivity contribution is 5.84. The van der Waals surface area contributed by atoms with E-state index < -0.39 is 12.0 Å². The molecule has 6 nitrogen and oxygen atoms in total. The average molecular weight is 591 g/mol. The van der Waals surface area contributed by atoms with Gasteiger partial charge in [-0.25, -0.2) is 4.79 Å². The first-order valence-electron chi connectivity index (χ1n) is 15.5. The third kappa shape index (κ3) is 7.37. The largest absolute Gasteiger partial charge is 0.508 e. The zero-order valence-electron chi connectivity index (χ0n) is 25.6. The molecule has 1 aliphatic heterocycles. The summed E-state index contributed by atoms with van der Waals surface area (Å²) in [6.07, 6.45) is 1.40. The molecule has 1 heterocycles. The second-order valence-corrected chi connectivity index (χ2v) is 12.3. The van der Waals surface area contributed by atoms with Crippen LogP contribution in [0.2, 0.25) is 0 Å². The number of phenols is 1. The Hall–Kier alpha value is -4.42. The van der Waals surface area contributed by atoms with Gasteiger partial charge in [-0.3, -0.25) is 4.79 Å². The quantitative estimate of drug-likeness (QED) is 0.201. The Morgan fingerprint density at radius 3 is 2.18 bits per heavy atom. The van der Waals surface area contributed by atoms with Gasteiger partial charge in [-0.05, 0) is 64.2 Å². The van der Waals surface area contributed by atoms with Crippen molar-refractivity contribution >= 4 is 11.9 Å². The van der Waals surface area contributed by atoms with Crippen LogP contribution in [0.5, 0.6) is 5.75 Å². The number of likely N-dealkylation sites (tertiary alicyclic amines) is 1. The highest BCUT2D eigenvalue weighted by Gasteiger charge is 2.38. The van der Waals surface area contributed by atoms with Crippen molar-refractivity contribution in [3.63, 3.8) is 0 Å². The number of rotatable bonds is 11. The third-order valence-electron chi connectivity index (χ3n) is 9.38. The number of amides is 1. The molecule has 0 aliphatic carbocycles. The molecular formula is C38H42N2O4. The number of aliphatic carboxylic acids is 1. The summed E-state index contributed by atoms with van der Waals surface area (Å²) >= 11 is 0. The van der Waals surface area contributed by atoms with Gasteiger partial charge in [0.15, 0.2) is 0 Å². The minimum absolute atomic E-state index is 0.0682. The van der Waals surface area contributed by atoms with E-state index in [1.165, 1.54) is 0 Å². The molecule has 4 aromatic carbocycles. The number of aromatic hydroxyl groups is 1. The fraction of sp³-hybridized carbons (Fsp3) is 0.316. The van der Waals surface area contributed by atoms with Crippen molar-refractivity contribution in [3.8, 4) is 16.9 Å². The molecule has 228 valence electrons. The molecule has 3 atom stereocenters. The van der Waals surface area contributed by atoms with E-state index in [1.54, 1.807) is 11.0 Å². The predicted octanol–water partition coefficient (Wildman–Crippen LogP) is 6.77. The lowest BCUT2D eigenvalue weighted by Gasteiger charge is -2.45. The van der Waals surface area contributed by atoms with Crippen LogP contribution in [0.4, 0.5) is 0 Å². The number of phenolic OH excluding ortho intramolecular Hbond substituents is 1. The van der Waals surface area contributed by atoms with Crippen LogP contribution in [0.3, 0.4) is 0 Å². The van der Waals surface area contributed by atoms with Crippen LogP contribution in [-0.2, 0) is 28.0 Å². The number of carbonyl (C=O) groups excluding carboxylic acids is 1. The van der Waals surface area contributed by atoms with E-state index >= 15 is 0 Å². The Balaban J connectivity index is 1.30. The number of hydrogen-bond acceptors (Lipinski definition) is 4. The molecule has 1 amide bonds. The van der Waals surface area contributed by atoms with E-state index in [0.717, 1.165) is 47.3 Å². The number of carbonyl (C=O) groups is 2. The minimum atomic E-state index is -1.00. The summed E-state index contributed by atoms with van der Waals surface area (Å²) in [5.41, 5.74) is 5.02. The van der Waals surface area contributed by atoms with Gasteiger partial charge in [0, 0.05) is 32.5 Å². The van der Waals surface area contributed by atoms with Gasteiger partial charge in [0.05, 0.1) is 0 Å². The second kappa shape index (κ2) is 13.9. The smallest absolute Gasteiger partial charge is 0.326 e. The van der Waals surface area contributed by atoms with Crippen LogP contribution in [0.1, 0.15) is 43.4 Å². The fourth-order valence-electron chi connectivity index (χ4n) is 6.38. The van der Waals surface area contributed by atoms with Gasteiger partial charge < -0.3 is 20.0 Å². The summed E-state index contributed by atoms with van der Waals surface area (Å²) < 4.78 is 0. The van der Waals surface area contributed by atoms with Gasteiger partial charge in [0.25, 0.3) is 0 Å². The standard InChI is InChI=1S/C38H42N2O4/c1-28-26-39(23-21-38(28,2)33-14-9-15-34(41)25-33)22-20-36(42)40(35(37(43)44)24-29-10-5-3-6-11-29)27-30-16-18-32(19-17-30)31-12-7-4-8-13-31/h3-19,25,28,35,41H,20-24,26-27H2,1-2H3,(H,43,44). The SMILES string of the molecule is CC1CN(CCC(=O)N(Cc2ccc(-c3ccccc3)cc2)C(Cc2ccccc2)C(=O)O)CCC1(C)c1cccc(O)c1. The molecule has 0 aromatic heterocycles. The molecule has 1 fully saturated rings. The summed E-state index contributed by atoms with van der Waals surface area (Å²) in [5, 5.41) is 20.4. The zero-order valence-corrected chi connectivity index (χ0v) is 25.6. The summed E-state index contributed by atoms with van der Waals surface area (Å²) in [6.45, 7) is 6.93. The molecule has 1 aliphatic rings. The molecule has 4 aromatic rings. The van der Waals surface area contributed by atoms with Gasteiger partial charge in [-0.1, -0.05) is 111 Å². The maximum atomic E-state index is 13.9. The van der Waals surface area contributed by atoms with Crippen molar-refractivity contribution in [2.45, 2.75) is 51.1 Å². The number of carboxylic acids is 1. The molecule has 2 N–H and O–H groups in total. The molecule has 3 unspecified atom stereocenters. The monoisotopic (exact) mass is 590 g/mol. The van der Waals surface area contributed by atoms with E-state index in [0.29, 0.717) is 12.5 Å². The number of benzene rings is 4. The average Bonchev–Trinajstić information content (AvgIpc) is 3.04. The highest BCUT2D eigenvalue weighted by atomic mass is 16.4. The van der Waals surface area contributed by atoms with E-state index in [2.05, 4.69) is 36.9 Å². The minimum Gasteiger partial charge on any atom is -0.508 e. The Labute approximate surface area is 260 Å². The summed E-state index contributed by atoms with van der Waals surface area (Å²) in [7, 11) is 0. The normalized spacial score (nSPS) is 19.3. The van der Waals surface area contributed by atoms with Crippen LogP contribution in [-0.4, -0.2) is 57.6 Å². The Kier molecular flexibility index (Phi) is 9.81.